The first-order valence-electron chi connectivity index (χ1n) is 10.7. The normalized spacial score (nSPS) is 15.4. The number of ether oxygens (including phenoxy) is 1. The highest BCUT2D eigenvalue weighted by Gasteiger charge is 2.25. The Morgan fingerprint density at radius 2 is 1.87 bits per heavy atom. The van der Waals surface area contributed by atoms with Gasteiger partial charge >= 0.3 is 0 Å². The number of imidazole rings is 1. The number of aryl methyl sites for hydroxylation is 1. The number of amides is 1. The van der Waals surface area contributed by atoms with Gasteiger partial charge in [0.05, 0.1) is 24.7 Å². The Balaban J connectivity index is 1.29. The molecule has 1 N–H and O–H groups in total. The Kier molecular flexibility index (Phi) is 6.33. The van der Waals surface area contributed by atoms with Crippen LogP contribution < -0.4 is 10.1 Å². The minimum absolute atomic E-state index is 0.0875. The van der Waals surface area contributed by atoms with E-state index in [0.29, 0.717) is 6.54 Å². The van der Waals surface area contributed by atoms with Gasteiger partial charge in [0.1, 0.15) is 11.6 Å². The predicted octanol–water partition coefficient (Wildman–Crippen LogP) is 3.59. The van der Waals surface area contributed by atoms with Crippen LogP contribution >= 0.6 is 0 Å². The Labute approximate surface area is 177 Å². The summed E-state index contributed by atoms with van der Waals surface area (Å²) in [7, 11) is 1.65. The molecule has 6 nitrogen and oxygen atoms in total. The second kappa shape index (κ2) is 9.30. The summed E-state index contributed by atoms with van der Waals surface area (Å²) in [6.45, 7) is 6.32. The van der Waals surface area contributed by atoms with E-state index in [4.69, 9.17) is 9.72 Å². The Morgan fingerprint density at radius 3 is 2.57 bits per heavy atom. The molecular weight excluding hydrogens is 376 g/mol. The number of hydrogen-bond acceptors (Lipinski definition) is 4. The molecule has 0 unspecified atom stereocenters. The molecule has 6 heteroatoms. The van der Waals surface area contributed by atoms with Crippen molar-refractivity contribution in [2.45, 2.75) is 39.4 Å². The average Bonchev–Trinajstić information content (AvgIpc) is 3.15. The number of fused-ring (bicyclic) bond motifs is 1. The zero-order valence-electron chi connectivity index (χ0n) is 17.8. The fourth-order valence-corrected chi connectivity index (χ4v) is 4.23. The van der Waals surface area contributed by atoms with E-state index in [1.54, 1.807) is 7.11 Å². The lowest BCUT2D eigenvalue weighted by molar-refractivity contribution is -0.126. The van der Waals surface area contributed by atoms with E-state index in [1.165, 1.54) is 5.52 Å². The molecule has 2 aromatic carbocycles. The molecule has 0 atom stereocenters. The first kappa shape index (κ1) is 20.4. The second-order valence-corrected chi connectivity index (χ2v) is 7.88. The van der Waals surface area contributed by atoms with Gasteiger partial charge in [-0.1, -0.05) is 24.3 Å². The molecule has 3 aromatic rings. The van der Waals surface area contributed by atoms with Crippen molar-refractivity contribution in [3.63, 3.8) is 0 Å². The highest BCUT2D eigenvalue weighted by Crippen LogP contribution is 2.22. The topological polar surface area (TPSA) is 59.4 Å². The number of likely N-dealkylation sites (tertiary alicyclic amines) is 1. The number of nitrogens with one attached hydrogen (secondary N) is 1. The number of piperidine rings is 1. The minimum atomic E-state index is 0.0875. The molecule has 2 heterocycles. The molecule has 4 rings (SSSR count). The SMILES string of the molecule is CCn1c(CN2CCC(C(=O)NCc3ccc(OC)cc3)CC2)nc2ccccc21. The minimum Gasteiger partial charge on any atom is -0.497 e. The van der Waals surface area contributed by atoms with Gasteiger partial charge in [-0.2, -0.15) is 0 Å². The van der Waals surface area contributed by atoms with Crippen LogP contribution in [0.15, 0.2) is 48.5 Å². The Morgan fingerprint density at radius 1 is 1.13 bits per heavy atom. The highest BCUT2D eigenvalue weighted by atomic mass is 16.5. The summed E-state index contributed by atoms with van der Waals surface area (Å²) in [5.41, 5.74) is 3.34. The Bertz CT molecular complexity index is 988. The molecule has 1 aliphatic heterocycles. The molecule has 158 valence electrons. The van der Waals surface area contributed by atoms with Crippen molar-refractivity contribution in [1.29, 1.82) is 0 Å². The van der Waals surface area contributed by atoms with Crippen molar-refractivity contribution >= 4 is 16.9 Å². The molecule has 0 bridgehead atoms. The van der Waals surface area contributed by atoms with E-state index in [2.05, 4.69) is 39.9 Å². The Hall–Kier alpha value is -2.86. The zero-order chi connectivity index (χ0) is 20.9. The van der Waals surface area contributed by atoms with E-state index < -0.39 is 0 Å². The maximum atomic E-state index is 12.6. The first-order chi connectivity index (χ1) is 14.7. The number of methoxy groups -OCH3 is 1. The number of aromatic nitrogens is 2. The average molecular weight is 407 g/mol. The van der Waals surface area contributed by atoms with E-state index >= 15 is 0 Å². The lowest BCUT2D eigenvalue weighted by atomic mass is 9.96. The number of benzene rings is 2. The third kappa shape index (κ3) is 4.49. The molecule has 0 saturated carbocycles. The summed E-state index contributed by atoms with van der Waals surface area (Å²) in [4.78, 5) is 19.9. The van der Waals surface area contributed by atoms with Crippen LogP contribution in [0.1, 0.15) is 31.2 Å². The molecule has 0 aliphatic carbocycles. The van der Waals surface area contributed by atoms with Crippen molar-refractivity contribution in [3.8, 4) is 5.75 Å². The lowest BCUT2D eigenvalue weighted by Gasteiger charge is -2.31. The largest absolute Gasteiger partial charge is 0.497 e. The molecule has 30 heavy (non-hydrogen) atoms. The number of rotatable bonds is 7. The summed E-state index contributed by atoms with van der Waals surface area (Å²) < 4.78 is 7.47. The fraction of sp³-hybridized carbons (Fsp3) is 0.417. The van der Waals surface area contributed by atoms with Crippen LogP contribution in [-0.4, -0.2) is 40.6 Å². The second-order valence-electron chi connectivity index (χ2n) is 7.88. The van der Waals surface area contributed by atoms with Crippen LogP contribution in [0.5, 0.6) is 5.75 Å². The highest BCUT2D eigenvalue weighted by molar-refractivity contribution is 5.78. The smallest absolute Gasteiger partial charge is 0.223 e. The van der Waals surface area contributed by atoms with Gasteiger partial charge in [-0.3, -0.25) is 9.69 Å². The van der Waals surface area contributed by atoms with Gasteiger partial charge in [-0.15, -0.1) is 0 Å². The standard InChI is InChI=1S/C24H30N4O2/c1-3-28-22-7-5-4-6-21(22)26-23(28)17-27-14-12-19(13-15-27)24(29)25-16-18-8-10-20(30-2)11-9-18/h4-11,19H,3,12-17H2,1-2H3,(H,25,29). The molecule has 1 aliphatic rings. The van der Waals surface area contributed by atoms with Gasteiger partial charge in [0.25, 0.3) is 0 Å². The van der Waals surface area contributed by atoms with Gasteiger partial charge in [0.15, 0.2) is 0 Å². The number of carbonyl (C=O) groups excluding carboxylic acids is 1. The van der Waals surface area contributed by atoms with E-state index in [9.17, 15) is 4.79 Å². The maximum Gasteiger partial charge on any atom is 0.223 e. The van der Waals surface area contributed by atoms with Crippen LogP contribution in [0.3, 0.4) is 0 Å². The van der Waals surface area contributed by atoms with E-state index in [0.717, 1.165) is 61.7 Å². The molecular formula is C24H30N4O2. The van der Waals surface area contributed by atoms with Crippen LogP contribution in [0, 0.1) is 5.92 Å². The third-order valence-electron chi connectivity index (χ3n) is 6.00. The predicted molar refractivity (Wildman–Crippen MR) is 118 cm³/mol. The van der Waals surface area contributed by atoms with Crippen molar-refractivity contribution in [2.24, 2.45) is 5.92 Å². The number of carbonyl (C=O) groups is 1. The van der Waals surface area contributed by atoms with Crippen LogP contribution in [0.2, 0.25) is 0 Å². The summed E-state index contributed by atoms with van der Waals surface area (Å²) in [6, 6.07) is 16.1. The zero-order valence-corrected chi connectivity index (χ0v) is 17.8. The van der Waals surface area contributed by atoms with Gasteiger partial charge in [0.2, 0.25) is 5.91 Å². The quantitative estimate of drug-likeness (QED) is 0.651. The van der Waals surface area contributed by atoms with Crippen LogP contribution in [-0.2, 0) is 24.4 Å². The van der Waals surface area contributed by atoms with Crippen molar-refractivity contribution < 1.29 is 9.53 Å². The van der Waals surface area contributed by atoms with Gasteiger partial charge in [-0.25, -0.2) is 4.98 Å². The molecule has 0 radical (unpaired) electrons. The number of nitrogens with zero attached hydrogens (tertiary/aromatic N) is 3. The van der Waals surface area contributed by atoms with Gasteiger partial charge < -0.3 is 14.6 Å². The van der Waals surface area contributed by atoms with Crippen molar-refractivity contribution in [3.05, 3.63) is 59.9 Å². The molecule has 1 amide bonds. The summed E-state index contributed by atoms with van der Waals surface area (Å²) in [5.74, 6) is 2.19. The van der Waals surface area contributed by atoms with Crippen LogP contribution in [0.4, 0.5) is 0 Å². The fourth-order valence-electron chi connectivity index (χ4n) is 4.23. The molecule has 1 aromatic heterocycles. The summed E-state index contributed by atoms with van der Waals surface area (Å²) in [6.07, 6.45) is 1.78. The van der Waals surface area contributed by atoms with E-state index in [-0.39, 0.29) is 11.8 Å². The van der Waals surface area contributed by atoms with Crippen molar-refractivity contribution in [1.82, 2.24) is 19.8 Å². The third-order valence-corrected chi connectivity index (χ3v) is 6.00. The molecule has 1 saturated heterocycles. The number of hydrogen-bond donors (Lipinski definition) is 1. The molecule has 0 spiro atoms. The van der Waals surface area contributed by atoms with Crippen LogP contribution in [0.25, 0.3) is 11.0 Å². The van der Waals surface area contributed by atoms with Gasteiger partial charge in [-0.05, 0) is 62.7 Å². The summed E-state index contributed by atoms with van der Waals surface area (Å²) >= 11 is 0. The maximum absolute atomic E-state index is 12.6. The van der Waals surface area contributed by atoms with Crippen molar-refractivity contribution in [2.75, 3.05) is 20.2 Å². The first-order valence-corrected chi connectivity index (χ1v) is 10.7. The monoisotopic (exact) mass is 406 g/mol. The molecule has 1 fully saturated rings. The number of para-hydroxylation sites is 2. The van der Waals surface area contributed by atoms with E-state index in [1.807, 2.05) is 30.3 Å². The lowest BCUT2D eigenvalue weighted by Crippen LogP contribution is -2.40. The van der Waals surface area contributed by atoms with Gasteiger partial charge in [0, 0.05) is 19.0 Å². The summed E-state index contributed by atoms with van der Waals surface area (Å²) in [5, 5.41) is 3.09.